The number of ether oxygens (including phenoxy) is 2. The first-order valence-electron chi connectivity index (χ1n) is 6.43. The number of aromatic nitrogens is 2. The van der Waals surface area contributed by atoms with Crippen molar-refractivity contribution in [2.24, 2.45) is 0 Å². The summed E-state index contributed by atoms with van der Waals surface area (Å²) in [4.78, 5) is 8.83. The molecule has 1 heterocycles. The highest BCUT2D eigenvalue weighted by atomic mass is 35.5. The molecule has 0 fully saturated rings. The van der Waals surface area contributed by atoms with Gasteiger partial charge in [0.25, 0.3) is 0 Å². The van der Waals surface area contributed by atoms with Crippen LogP contribution in [0.15, 0.2) is 24.3 Å². The van der Waals surface area contributed by atoms with E-state index in [1.165, 1.54) is 0 Å². The SMILES string of the molecule is CCCc1cc(Cl)nc(-c2ccc(OC)cc2OC)n1. The van der Waals surface area contributed by atoms with Gasteiger partial charge < -0.3 is 9.47 Å². The number of nitrogens with zero attached hydrogens (tertiary/aromatic N) is 2. The molecule has 4 nitrogen and oxygen atoms in total. The van der Waals surface area contributed by atoms with Crippen molar-refractivity contribution in [2.45, 2.75) is 19.8 Å². The van der Waals surface area contributed by atoms with Gasteiger partial charge in [-0.3, -0.25) is 0 Å². The highest BCUT2D eigenvalue weighted by Crippen LogP contribution is 2.32. The van der Waals surface area contributed by atoms with Gasteiger partial charge in [0.2, 0.25) is 0 Å². The van der Waals surface area contributed by atoms with E-state index in [9.17, 15) is 0 Å². The first-order valence-corrected chi connectivity index (χ1v) is 6.81. The zero-order valence-electron chi connectivity index (χ0n) is 11.8. The van der Waals surface area contributed by atoms with E-state index in [0.717, 1.165) is 29.8 Å². The summed E-state index contributed by atoms with van der Waals surface area (Å²) in [5.74, 6) is 1.95. The van der Waals surface area contributed by atoms with E-state index < -0.39 is 0 Å². The van der Waals surface area contributed by atoms with Crippen LogP contribution in [0.1, 0.15) is 19.0 Å². The lowest BCUT2D eigenvalue weighted by Crippen LogP contribution is -1.98. The Bertz CT molecular complexity index is 602. The Balaban J connectivity index is 2.50. The summed E-state index contributed by atoms with van der Waals surface area (Å²) >= 11 is 6.07. The molecule has 0 saturated carbocycles. The number of methoxy groups -OCH3 is 2. The van der Waals surface area contributed by atoms with Crippen molar-refractivity contribution in [3.8, 4) is 22.9 Å². The van der Waals surface area contributed by atoms with Gasteiger partial charge in [-0.05, 0) is 24.6 Å². The van der Waals surface area contributed by atoms with Crippen molar-refractivity contribution in [2.75, 3.05) is 14.2 Å². The van der Waals surface area contributed by atoms with E-state index in [4.69, 9.17) is 21.1 Å². The van der Waals surface area contributed by atoms with Gasteiger partial charge in [0.1, 0.15) is 16.7 Å². The molecule has 1 aromatic carbocycles. The minimum Gasteiger partial charge on any atom is -0.497 e. The Morgan fingerprint density at radius 2 is 1.90 bits per heavy atom. The maximum absolute atomic E-state index is 6.07. The molecule has 2 rings (SSSR count). The molecule has 2 aromatic rings. The second kappa shape index (κ2) is 6.57. The maximum Gasteiger partial charge on any atom is 0.164 e. The Morgan fingerprint density at radius 1 is 1.10 bits per heavy atom. The molecule has 0 radical (unpaired) electrons. The molecule has 106 valence electrons. The Hall–Kier alpha value is -1.81. The average molecular weight is 293 g/mol. The smallest absolute Gasteiger partial charge is 0.164 e. The number of rotatable bonds is 5. The molecule has 0 amide bonds. The highest BCUT2D eigenvalue weighted by molar-refractivity contribution is 6.29. The Morgan fingerprint density at radius 3 is 2.55 bits per heavy atom. The molecule has 0 bridgehead atoms. The molecule has 0 unspecified atom stereocenters. The van der Waals surface area contributed by atoms with Crippen LogP contribution in [0, 0.1) is 0 Å². The number of halogens is 1. The molecule has 0 aliphatic heterocycles. The minimum absolute atomic E-state index is 0.441. The summed E-state index contributed by atoms with van der Waals surface area (Å²) < 4.78 is 10.6. The first kappa shape index (κ1) is 14.6. The summed E-state index contributed by atoms with van der Waals surface area (Å²) in [6.07, 6.45) is 1.88. The molecular weight excluding hydrogens is 276 g/mol. The van der Waals surface area contributed by atoms with Crippen molar-refractivity contribution >= 4 is 11.6 Å². The van der Waals surface area contributed by atoms with Crippen LogP contribution < -0.4 is 9.47 Å². The fraction of sp³-hybridized carbons (Fsp3) is 0.333. The fourth-order valence-corrected chi connectivity index (χ4v) is 2.16. The molecular formula is C15H17ClN2O2. The van der Waals surface area contributed by atoms with Gasteiger partial charge in [-0.25, -0.2) is 9.97 Å². The van der Waals surface area contributed by atoms with E-state index in [1.807, 2.05) is 12.1 Å². The van der Waals surface area contributed by atoms with Crippen molar-refractivity contribution in [1.29, 1.82) is 0 Å². The summed E-state index contributed by atoms with van der Waals surface area (Å²) in [5.41, 5.74) is 1.73. The molecule has 0 spiro atoms. The topological polar surface area (TPSA) is 44.2 Å². The van der Waals surface area contributed by atoms with Gasteiger partial charge in [-0.1, -0.05) is 24.9 Å². The monoisotopic (exact) mass is 292 g/mol. The zero-order valence-corrected chi connectivity index (χ0v) is 12.6. The fourth-order valence-electron chi connectivity index (χ4n) is 1.95. The molecule has 0 N–H and O–H groups in total. The maximum atomic E-state index is 6.07. The lowest BCUT2D eigenvalue weighted by atomic mass is 10.1. The van der Waals surface area contributed by atoms with Crippen molar-refractivity contribution in [3.63, 3.8) is 0 Å². The summed E-state index contributed by atoms with van der Waals surface area (Å²) in [7, 11) is 3.22. The predicted molar refractivity (Wildman–Crippen MR) is 79.6 cm³/mol. The summed E-state index contributed by atoms with van der Waals surface area (Å²) in [5, 5.41) is 0.441. The Kier molecular flexibility index (Phi) is 4.79. The van der Waals surface area contributed by atoms with E-state index in [-0.39, 0.29) is 0 Å². The van der Waals surface area contributed by atoms with Crippen LogP contribution in [0.3, 0.4) is 0 Å². The van der Waals surface area contributed by atoms with Crippen molar-refractivity contribution < 1.29 is 9.47 Å². The highest BCUT2D eigenvalue weighted by Gasteiger charge is 2.12. The van der Waals surface area contributed by atoms with Crippen LogP contribution in [0.4, 0.5) is 0 Å². The van der Waals surface area contributed by atoms with Crippen LogP contribution in [0.25, 0.3) is 11.4 Å². The molecule has 0 saturated heterocycles. The third kappa shape index (κ3) is 3.20. The van der Waals surface area contributed by atoms with E-state index in [0.29, 0.717) is 16.7 Å². The predicted octanol–water partition coefficient (Wildman–Crippen LogP) is 3.77. The van der Waals surface area contributed by atoms with Crippen LogP contribution in [0.2, 0.25) is 5.15 Å². The quantitative estimate of drug-likeness (QED) is 0.787. The van der Waals surface area contributed by atoms with Crippen LogP contribution in [-0.2, 0) is 6.42 Å². The second-order valence-electron chi connectivity index (χ2n) is 4.32. The van der Waals surface area contributed by atoms with E-state index in [1.54, 1.807) is 26.4 Å². The number of benzene rings is 1. The van der Waals surface area contributed by atoms with Gasteiger partial charge in [0.15, 0.2) is 5.82 Å². The average Bonchev–Trinajstić information content (AvgIpc) is 2.46. The van der Waals surface area contributed by atoms with Crippen molar-refractivity contribution in [3.05, 3.63) is 35.1 Å². The minimum atomic E-state index is 0.441. The van der Waals surface area contributed by atoms with Gasteiger partial charge in [0, 0.05) is 11.8 Å². The molecule has 1 aromatic heterocycles. The van der Waals surface area contributed by atoms with Gasteiger partial charge in [-0.15, -0.1) is 0 Å². The standard InChI is InChI=1S/C15H17ClN2O2/c1-4-5-10-8-14(16)18-15(17-10)12-7-6-11(19-2)9-13(12)20-3/h6-9H,4-5H2,1-3H3. The largest absolute Gasteiger partial charge is 0.497 e. The molecule has 5 heteroatoms. The zero-order chi connectivity index (χ0) is 14.5. The normalized spacial score (nSPS) is 10.4. The van der Waals surface area contributed by atoms with Crippen LogP contribution in [0.5, 0.6) is 11.5 Å². The van der Waals surface area contributed by atoms with E-state index in [2.05, 4.69) is 16.9 Å². The van der Waals surface area contributed by atoms with Gasteiger partial charge in [0.05, 0.1) is 19.8 Å². The van der Waals surface area contributed by atoms with Crippen LogP contribution in [-0.4, -0.2) is 24.2 Å². The Labute approximate surface area is 123 Å². The second-order valence-corrected chi connectivity index (χ2v) is 4.71. The molecule has 0 aliphatic carbocycles. The van der Waals surface area contributed by atoms with E-state index >= 15 is 0 Å². The molecule has 0 atom stereocenters. The third-order valence-corrected chi connectivity index (χ3v) is 3.10. The lowest BCUT2D eigenvalue weighted by molar-refractivity contribution is 0.395. The molecule has 20 heavy (non-hydrogen) atoms. The number of aryl methyl sites for hydroxylation is 1. The molecule has 0 aliphatic rings. The van der Waals surface area contributed by atoms with Crippen LogP contribution >= 0.6 is 11.6 Å². The summed E-state index contributed by atoms with van der Waals surface area (Å²) in [6.45, 7) is 2.10. The lowest BCUT2D eigenvalue weighted by Gasteiger charge is -2.10. The first-order chi connectivity index (χ1) is 9.67. The summed E-state index contributed by atoms with van der Waals surface area (Å²) in [6, 6.07) is 7.32. The number of hydrogen-bond acceptors (Lipinski definition) is 4. The number of hydrogen-bond donors (Lipinski definition) is 0. The van der Waals surface area contributed by atoms with Gasteiger partial charge in [-0.2, -0.15) is 0 Å². The van der Waals surface area contributed by atoms with Crippen molar-refractivity contribution in [1.82, 2.24) is 9.97 Å². The van der Waals surface area contributed by atoms with Gasteiger partial charge >= 0.3 is 0 Å². The third-order valence-electron chi connectivity index (χ3n) is 2.90.